The molecule has 0 spiro atoms. The van der Waals surface area contributed by atoms with Crippen molar-refractivity contribution in [3.8, 4) is 0 Å². The molecule has 0 radical (unpaired) electrons. The van der Waals surface area contributed by atoms with E-state index >= 15 is 0 Å². The van der Waals surface area contributed by atoms with Crippen molar-refractivity contribution in [2.24, 2.45) is 5.92 Å². The Kier molecular flexibility index (Phi) is 1.97. The Bertz CT molecular complexity index is 303. The number of halogens is 1. The summed E-state index contributed by atoms with van der Waals surface area (Å²) >= 11 is 3.22. The van der Waals surface area contributed by atoms with Gasteiger partial charge < -0.3 is 0 Å². The smallest absolute Gasteiger partial charge is 0.167 e. The largest absolute Gasteiger partial charge is 0.294 e. The molecule has 2 nitrogen and oxygen atoms in total. The quantitative estimate of drug-likeness (QED) is 0.572. The summed E-state index contributed by atoms with van der Waals surface area (Å²) in [5.74, 6) is 0.531. The molecule has 3 heteroatoms. The Morgan fingerprint density at radius 2 is 2.25 bits per heavy atom. The highest BCUT2D eigenvalue weighted by Gasteiger charge is 2.30. The zero-order valence-electron chi connectivity index (χ0n) is 6.46. The summed E-state index contributed by atoms with van der Waals surface area (Å²) in [4.78, 5) is 15.5. The topological polar surface area (TPSA) is 30.0 Å². The molecule has 0 N–H and O–H groups in total. The monoisotopic (exact) mass is 225 g/mol. The summed E-state index contributed by atoms with van der Waals surface area (Å²) in [6.45, 7) is 0. The Hall–Kier alpha value is -0.700. The molecule has 0 aromatic carbocycles. The number of carbonyl (C=O) groups excluding carboxylic acids is 1. The number of rotatable bonds is 2. The summed E-state index contributed by atoms with van der Waals surface area (Å²) in [6.07, 6.45) is 3.73. The van der Waals surface area contributed by atoms with Gasteiger partial charge in [-0.2, -0.15) is 0 Å². The molecule has 1 aromatic rings. The summed E-state index contributed by atoms with van der Waals surface area (Å²) < 4.78 is 0.773. The molecule has 1 aliphatic rings. The van der Waals surface area contributed by atoms with E-state index in [2.05, 4.69) is 20.9 Å². The zero-order chi connectivity index (χ0) is 8.55. The minimum absolute atomic E-state index is 0.245. The molecule has 1 aromatic heterocycles. The van der Waals surface area contributed by atoms with E-state index in [0.717, 1.165) is 23.0 Å². The summed E-state index contributed by atoms with van der Waals surface area (Å²) in [5, 5.41) is 0. The lowest BCUT2D eigenvalue weighted by Gasteiger charge is -1.96. The normalized spacial score (nSPS) is 16.1. The van der Waals surface area contributed by atoms with Crippen LogP contribution in [0.4, 0.5) is 0 Å². The van der Waals surface area contributed by atoms with Gasteiger partial charge in [-0.1, -0.05) is 0 Å². The highest BCUT2D eigenvalue weighted by molar-refractivity contribution is 9.10. The highest BCUT2D eigenvalue weighted by Crippen LogP contribution is 2.32. The van der Waals surface area contributed by atoms with E-state index in [4.69, 9.17) is 0 Å². The van der Waals surface area contributed by atoms with Crippen molar-refractivity contribution in [3.05, 3.63) is 28.5 Å². The van der Waals surface area contributed by atoms with Gasteiger partial charge in [0, 0.05) is 17.7 Å². The van der Waals surface area contributed by atoms with Crippen LogP contribution in [0.2, 0.25) is 0 Å². The van der Waals surface area contributed by atoms with Crippen LogP contribution in [-0.2, 0) is 0 Å². The number of nitrogens with zero attached hydrogens (tertiary/aromatic N) is 1. The van der Waals surface area contributed by atoms with Crippen LogP contribution in [0.25, 0.3) is 0 Å². The van der Waals surface area contributed by atoms with Gasteiger partial charge in [0.05, 0.1) is 0 Å². The predicted octanol–water partition coefficient (Wildman–Crippen LogP) is 2.44. The fourth-order valence-electron chi connectivity index (χ4n) is 1.10. The molecule has 1 fully saturated rings. The standard InChI is InChI=1S/C9H8BrNO/c10-8-4-3-7(5-11-8)9(12)6-1-2-6/h3-6H,1-2H2. The molecule has 0 atom stereocenters. The van der Waals surface area contributed by atoms with Crippen molar-refractivity contribution in [2.45, 2.75) is 12.8 Å². The Balaban J connectivity index is 2.22. The molecule has 0 unspecified atom stereocenters. The third kappa shape index (κ3) is 1.55. The van der Waals surface area contributed by atoms with E-state index in [1.165, 1.54) is 0 Å². The maximum atomic E-state index is 11.5. The van der Waals surface area contributed by atoms with Crippen LogP contribution in [-0.4, -0.2) is 10.8 Å². The molecular weight excluding hydrogens is 218 g/mol. The molecule has 0 amide bonds. The number of aromatic nitrogens is 1. The van der Waals surface area contributed by atoms with Gasteiger partial charge in [0.15, 0.2) is 5.78 Å². The number of pyridine rings is 1. The van der Waals surface area contributed by atoms with Crippen molar-refractivity contribution in [3.63, 3.8) is 0 Å². The van der Waals surface area contributed by atoms with Gasteiger partial charge in [-0.3, -0.25) is 4.79 Å². The van der Waals surface area contributed by atoms with Gasteiger partial charge in [-0.15, -0.1) is 0 Å². The average Bonchev–Trinajstić information content (AvgIpc) is 2.87. The van der Waals surface area contributed by atoms with Crippen LogP contribution in [0, 0.1) is 5.92 Å². The Morgan fingerprint density at radius 3 is 2.75 bits per heavy atom. The van der Waals surface area contributed by atoms with Crippen LogP contribution in [0.3, 0.4) is 0 Å². The lowest BCUT2D eigenvalue weighted by atomic mass is 10.1. The van der Waals surface area contributed by atoms with Crippen LogP contribution in [0.1, 0.15) is 23.2 Å². The second-order valence-electron chi connectivity index (χ2n) is 3.01. The second-order valence-corrected chi connectivity index (χ2v) is 3.82. The minimum atomic E-state index is 0.245. The van der Waals surface area contributed by atoms with Crippen molar-refractivity contribution in [1.82, 2.24) is 4.98 Å². The van der Waals surface area contributed by atoms with Gasteiger partial charge in [-0.25, -0.2) is 4.98 Å². The van der Waals surface area contributed by atoms with E-state index in [-0.39, 0.29) is 11.7 Å². The molecule has 1 heterocycles. The van der Waals surface area contributed by atoms with Gasteiger partial charge in [0.2, 0.25) is 0 Å². The van der Waals surface area contributed by atoms with Gasteiger partial charge in [0.1, 0.15) is 4.60 Å². The molecule has 62 valence electrons. The van der Waals surface area contributed by atoms with Gasteiger partial charge in [0.25, 0.3) is 0 Å². The molecule has 0 aliphatic heterocycles. The van der Waals surface area contributed by atoms with Crippen molar-refractivity contribution in [1.29, 1.82) is 0 Å². The minimum Gasteiger partial charge on any atom is -0.294 e. The van der Waals surface area contributed by atoms with Crippen LogP contribution < -0.4 is 0 Å². The number of hydrogen-bond donors (Lipinski definition) is 0. The SMILES string of the molecule is O=C(c1ccc(Br)nc1)C1CC1. The predicted molar refractivity (Wildman–Crippen MR) is 49.0 cm³/mol. The first-order valence-electron chi connectivity index (χ1n) is 3.93. The van der Waals surface area contributed by atoms with E-state index in [1.54, 1.807) is 12.3 Å². The summed E-state index contributed by atoms with van der Waals surface area (Å²) in [6, 6.07) is 3.62. The Morgan fingerprint density at radius 1 is 1.50 bits per heavy atom. The van der Waals surface area contributed by atoms with E-state index in [9.17, 15) is 4.79 Å². The zero-order valence-corrected chi connectivity index (χ0v) is 8.04. The number of hydrogen-bond acceptors (Lipinski definition) is 2. The fraction of sp³-hybridized carbons (Fsp3) is 0.333. The molecule has 1 saturated carbocycles. The first-order chi connectivity index (χ1) is 5.77. The summed E-state index contributed by atoms with van der Waals surface area (Å²) in [5.41, 5.74) is 0.737. The molecule has 12 heavy (non-hydrogen) atoms. The Labute approximate surface area is 79.1 Å². The lowest BCUT2D eigenvalue weighted by molar-refractivity contribution is 0.0967. The van der Waals surface area contributed by atoms with Crippen molar-refractivity contribution >= 4 is 21.7 Å². The number of carbonyl (C=O) groups is 1. The van der Waals surface area contributed by atoms with E-state index < -0.39 is 0 Å². The lowest BCUT2D eigenvalue weighted by Crippen LogP contribution is -2.01. The van der Waals surface area contributed by atoms with Crippen LogP contribution in [0.15, 0.2) is 22.9 Å². The second kappa shape index (κ2) is 2.98. The van der Waals surface area contributed by atoms with Crippen molar-refractivity contribution < 1.29 is 4.79 Å². The number of Topliss-reactive ketones (excluding diaryl/α,β-unsaturated/α-hetero) is 1. The van der Waals surface area contributed by atoms with Crippen LogP contribution >= 0.6 is 15.9 Å². The average molecular weight is 226 g/mol. The van der Waals surface area contributed by atoms with Gasteiger partial charge >= 0.3 is 0 Å². The molecule has 2 rings (SSSR count). The maximum Gasteiger partial charge on any atom is 0.167 e. The van der Waals surface area contributed by atoms with Crippen molar-refractivity contribution in [2.75, 3.05) is 0 Å². The van der Waals surface area contributed by atoms with E-state index in [0.29, 0.717) is 0 Å². The fourth-order valence-corrected chi connectivity index (χ4v) is 1.34. The third-order valence-electron chi connectivity index (χ3n) is 1.96. The summed E-state index contributed by atoms with van der Waals surface area (Å²) in [7, 11) is 0. The van der Waals surface area contributed by atoms with Gasteiger partial charge in [-0.05, 0) is 40.9 Å². The third-order valence-corrected chi connectivity index (χ3v) is 2.43. The van der Waals surface area contributed by atoms with Crippen LogP contribution in [0.5, 0.6) is 0 Å². The molecular formula is C9H8BrNO. The highest BCUT2D eigenvalue weighted by atomic mass is 79.9. The molecule has 0 saturated heterocycles. The number of ketones is 1. The molecule has 1 aliphatic carbocycles. The van der Waals surface area contributed by atoms with E-state index in [1.807, 2.05) is 6.07 Å². The molecule has 0 bridgehead atoms. The first-order valence-corrected chi connectivity index (χ1v) is 4.72. The first kappa shape index (κ1) is 7.92. The maximum absolute atomic E-state index is 11.5.